The molecule has 0 aliphatic heterocycles. The fourth-order valence-electron chi connectivity index (χ4n) is 0.894. The molecule has 0 spiro atoms. The summed E-state index contributed by atoms with van der Waals surface area (Å²) in [5.41, 5.74) is 0. The topological polar surface area (TPSA) is 27.1 Å². The van der Waals surface area contributed by atoms with E-state index in [0.717, 1.165) is 0 Å². The van der Waals surface area contributed by atoms with E-state index < -0.39 is 0 Å². The van der Waals surface area contributed by atoms with Gasteiger partial charge in [-0.25, -0.2) is 0 Å². The molecule has 0 unspecified atom stereocenters. The Morgan fingerprint density at radius 3 is 1.44 bits per heavy atom. The van der Waals surface area contributed by atoms with Gasteiger partial charge in [0.25, 0.3) is 0 Å². The maximum atomic E-state index is 7.02. The Hall–Kier alpha value is -0.335. The Labute approximate surface area is 58.0 Å². The molecule has 0 aromatic carbocycles. The van der Waals surface area contributed by atoms with Gasteiger partial charge in [0.15, 0.2) is 0 Å². The van der Waals surface area contributed by atoms with E-state index in [0.29, 0.717) is 12.1 Å². The van der Waals surface area contributed by atoms with Crippen molar-refractivity contribution in [1.82, 2.24) is 4.81 Å². The summed E-state index contributed by atoms with van der Waals surface area (Å²) in [6.07, 6.45) is 0. The molecule has 0 atom stereocenters. The van der Waals surface area contributed by atoms with E-state index in [9.17, 15) is 0 Å². The predicted molar refractivity (Wildman–Crippen MR) is 40.6 cm³/mol. The fourth-order valence-corrected chi connectivity index (χ4v) is 0.894. The van der Waals surface area contributed by atoms with Gasteiger partial charge in [0, 0.05) is 0 Å². The van der Waals surface area contributed by atoms with Gasteiger partial charge in [-0.15, -0.1) is 0 Å². The van der Waals surface area contributed by atoms with Crippen LogP contribution in [0.5, 0.6) is 0 Å². The van der Waals surface area contributed by atoms with Crippen molar-refractivity contribution in [3.8, 4) is 0 Å². The van der Waals surface area contributed by atoms with Crippen molar-refractivity contribution in [1.29, 1.82) is 5.31 Å². The van der Waals surface area contributed by atoms with Gasteiger partial charge in [-0.3, -0.25) is 0 Å². The third-order valence-electron chi connectivity index (χ3n) is 1.34. The van der Waals surface area contributed by atoms with Crippen molar-refractivity contribution in [2.45, 2.75) is 39.8 Å². The van der Waals surface area contributed by atoms with Crippen LogP contribution in [0.1, 0.15) is 27.7 Å². The van der Waals surface area contributed by atoms with Crippen molar-refractivity contribution < 1.29 is 0 Å². The number of hydrogen-bond donors (Lipinski definition) is 1. The van der Waals surface area contributed by atoms with Gasteiger partial charge < -0.3 is 0 Å². The third kappa shape index (κ3) is 2.63. The molecule has 0 radical (unpaired) electrons. The molecule has 2 nitrogen and oxygen atoms in total. The zero-order chi connectivity index (χ0) is 7.44. The Morgan fingerprint density at radius 2 is 1.44 bits per heavy atom. The molecule has 52 valence electrons. The average Bonchev–Trinajstić information content (AvgIpc) is 1.64. The molecule has 0 fully saturated rings. The molecule has 0 rings (SSSR count). The monoisotopic (exact) mass is 126 g/mol. The summed E-state index contributed by atoms with van der Waals surface area (Å²) in [5.74, 6) is 0. The summed E-state index contributed by atoms with van der Waals surface area (Å²) in [6, 6.07) is 0.894. The van der Waals surface area contributed by atoms with Crippen LogP contribution in [0.4, 0.5) is 0 Å². The number of hydrogen-bond acceptors (Lipinski definition) is 1. The van der Waals surface area contributed by atoms with Crippen LogP contribution in [-0.2, 0) is 0 Å². The molecule has 0 bridgehead atoms. The van der Waals surface area contributed by atoms with Crippen molar-refractivity contribution >= 4 is 7.21 Å². The molecular formula is C6H15BN2. The summed E-state index contributed by atoms with van der Waals surface area (Å²) >= 11 is 0. The second-order valence-electron chi connectivity index (χ2n) is 2.76. The predicted octanol–water partition coefficient (Wildman–Crippen LogP) is 1.49. The normalized spacial score (nSPS) is 10.0. The molecule has 3 heteroatoms. The third-order valence-corrected chi connectivity index (χ3v) is 1.34. The van der Waals surface area contributed by atoms with Crippen LogP contribution < -0.4 is 0 Å². The van der Waals surface area contributed by atoms with Gasteiger partial charge in [0.2, 0.25) is 0 Å². The molecule has 0 aliphatic rings. The summed E-state index contributed by atoms with van der Waals surface area (Å²) < 4.78 is 0. The van der Waals surface area contributed by atoms with Gasteiger partial charge in [0.1, 0.15) is 0 Å². The van der Waals surface area contributed by atoms with Crippen LogP contribution in [0.3, 0.4) is 0 Å². The average molecular weight is 126 g/mol. The molecule has 9 heavy (non-hydrogen) atoms. The summed E-state index contributed by atoms with van der Waals surface area (Å²) in [5, 5.41) is 7.02. The molecule has 0 aliphatic carbocycles. The first-order valence-electron chi connectivity index (χ1n) is 3.37. The van der Waals surface area contributed by atoms with E-state index in [1.165, 1.54) is 7.21 Å². The minimum absolute atomic E-state index is 0.447. The SMILES string of the molecule is CC(C)N(B=N)C(C)C. The Balaban J connectivity index is 3.82. The van der Waals surface area contributed by atoms with E-state index >= 15 is 0 Å². The van der Waals surface area contributed by atoms with Crippen molar-refractivity contribution in [3.63, 3.8) is 0 Å². The number of nitrogens with zero attached hydrogens (tertiary/aromatic N) is 1. The van der Waals surface area contributed by atoms with Crippen LogP contribution in [0.15, 0.2) is 0 Å². The molecule has 0 amide bonds. The van der Waals surface area contributed by atoms with E-state index in [1.807, 2.05) is 4.81 Å². The molecule has 0 heterocycles. The first-order valence-corrected chi connectivity index (χ1v) is 3.37. The zero-order valence-electron chi connectivity index (χ0n) is 6.68. The van der Waals surface area contributed by atoms with Gasteiger partial charge in [-0.05, 0) is 0 Å². The Bertz CT molecular complexity index is 83.1. The summed E-state index contributed by atoms with van der Waals surface area (Å²) in [4.78, 5) is 2.00. The van der Waals surface area contributed by atoms with E-state index in [1.54, 1.807) is 0 Å². The molecule has 1 N–H and O–H groups in total. The second-order valence-corrected chi connectivity index (χ2v) is 2.76. The van der Waals surface area contributed by atoms with Crippen LogP contribution in [-0.4, -0.2) is 24.1 Å². The second kappa shape index (κ2) is 3.65. The number of nitrogens with one attached hydrogen (secondary N) is 1. The van der Waals surface area contributed by atoms with Crippen molar-refractivity contribution in [2.75, 3.05) is 0 Å². The van der Waals surface area contributed by atoms with E-state index in [2.05, 4.69) is 27.7 Å². The Kier molecular flexibility index (Phi) is 3.51. The minimum atomic E-state index is 0.447. The standard InChI is InChI=1S/C6H15BN2/c1-5(2)9(7-8)6(3)4/h5-6,8H,1-4H3. The first-order chi connectivity index (χ1) is 4.09. The van der Waals surface area contributed by atoms with Crippen LogP contribution in [0.2, 0.25) is 0 Å². The van der Waals surface area contributed by atoms with Crippen LogP contribution in [0, 0.1) is 5.31 Å². The molecule has 0 saturated heterocycles. The van der Waals surface area contributed by atoms with Crippen molar-refractivity contribution in [2.24, 2.45) is 0 Å². The first kappa shape index (κ1) is 8.66. The number of rotatable bonds is 3. The molecular weight excluding hydrogens is 111 g/mol. The molecule has 0 aromatic heterocycles. The molecule has 0 aromatic rings. The summed E-state index contributed by atoms with van der Waals surface area (Å²) in [7, 11) is 1.40. The van der Waals surface area contributed by atoms with Gasteiger partial charge in [-0.2, -0.15) is 0 Å². The quantitative estimate of drug-likeness (QED) is 0.569. The van der Waals surface area contributed by atoms with E-state index in [4.69, 9.17) is 5.31 Å². The van der Waals surface area contributed by atoms with Crippen molar-refractivity contribution in [3.05, 3.63) is 0 Å². The van der Waals surface area contributed by atoms with Gasteiger partial charge in [-0.1, -0.05) is 0 Å². The fraction of sp³-hybridized carbons (Fsp3) is 1.00. The van der Waals surface area contributed by atoms with Gasteiger partial charge >= 0.3 is 57.1 Å². The zero-order valence-corrected chi connectivity index (χ0v) is 6.68. The van der Waals surface area contributed by atoms with Crippen LogP contribution in [0.25, 0.3) is 0 Å². The van der Waals surface area contributed by atoms with Gasteiger partial charge in [0.05, 0.1) is 0 Å². The van der Waals surface area contributed by atoms with Crippen LogP contribution >= 0.6 is 0 Å². The maximum absolute atomic E-state index is 7.02. The Morgan fingerprint density at radius 1 is 1.11 bits per heavy atom. The molecule has 0 saturated carbocycles. The summed E-state index contributed by atoms with van der Waals surface area (Å²) in [6.45, 7) is 8.35. The van der Waals surface area contributed by atoms with E-state index in [-0.39, 0.29) is 0 Å².